The predicted molar refractivity (Wildman–Crippen MR) is 329 cm³/mol. The molecule has 0 saturated carbocycles. The molecular weight excluding hydrogens is 1190 g/mol. The number of hydrogen-bond donors (Lipinski definition) is 0. The molecule has 0 bridgehead atoms. The fourth-order valence-electron chi connectivity index (χ4n) is 11.9. The van der Waals surface area contributed by atoms with Crippen LogP contribution >= 0.6 is 0 Å². The van der Waals surface area contributed by atoms with E-state index in [9.17, 15) is 0 Å². The van der Waals surface area contributed by atoms with E-state index < -0.39 is 0 Å². The Kier molecular flexibility index (Phi) is 13.4. The summed E-state index contributed by atoms with van der Waals surface area (Å²) in [5.41, 5.74) is 20.6. The molecule has 0 spiro atoms. The maximum atomic E-state index is 7.04. The Bertz CT molecular complexity index is 4390. The molecule has 0 unspecified atom stereocenters. The number of benzene rings is 10. The van der Waals surface area contributed by atoms with Gasteiger partial charge in [-0.2, -0.15) is 0 Å². The summed E-state index contributed by atoms with van der Waals surface area (Å²) in [6.45, 7) is 18.1. The van der Waals surface area contributed by atoms with E-state index in [0.29, 0.717) is 56.7 Å². The Morgan fingerprint density at radius 3 is 1.10 bits per heavy atom. The molecule has 0 radical (unpaired) electrons. The summed E-state index contributed by atoms with van der Waals surface area (Å²) in [4.78, 5) is 10.4. The van der Waals surface area contributed by atoms with Gasteiger partial charge in [-0.15, -0.1) is 0 Å². The number of furan rings is 2. The first-order valence-corrected chi connectivity index (χ1v) is 28.1. The Morgan fingerprint density at radius 2 is 0.720 bits per heavy atom. The van der Waals surface area contributed by atoms with Crippen molar-refractivity contribution in [2.45, 2.75) is 79.1 Å². The molecule has 404 valence electrons. The van der Waals surface area contributed by atoms with E-state index in [1.807, 2.05) is 60.7 Å². The largest absolute Gasteiger partial charge is 2.00 e. The Labute approximate surface area is 490 Å². The van der Waals surface area contributed by atoms with Gasteiger partial charge in [0.05, 0.1) is 22.2 Å². The normalized spacial score (nSPS) is 12.0. The molecule has 82 heavy (non-hydrogen) atoms. The third-order valence-corrected chi connectivity index (χ3v) is 15.9. The molecule has 14 rings (SSSR count). The van der Waals surface area contributed by atoms with Gasteiger partial charge in [0.2, 0.25) is 0 Å². The molecule has 0 atom stereocenters. The van der Waals surface area contributed by atoms with Crippen LogP contribution < -0.4 is 4.74 Å². The molecule has 0 aliphatic heterocycles. The zero-order chi connectivity index (χ0) is 55.2. The molecule has 0 N–H and O–H groups in total. The summed E-state index contributed by atoms with van der Waals surface area (Å²) in [6, 6.07) is 70.2. The van der Waals surface area contributed by atoms with E-state index in [0.717, 1.165) is 54.9 Å². The fraction of sp³-hybridized carbons (Fsp3) is 0.162. The Hall–Kier alpha value is -8.77. The van der Waals surface area contributed by atoms with E-state index in [1.165, 1.54) is 55.6 Å². The first-order valence-electron chi connectivity index (χ1n) is 28.1. The predicted octanol–water partition coefficient (Wildman–Crippen LogP) is 21.7. The molecule has 8 heteroatoms. The average molecular weight is 1250 g/mol. The molecule has 7 nitrogen and oxygen atoms in total. The van der Waals surface area contributed by atoms with Crippen molar-refractivity contribution in [3.05, 3.63) is 216 Å². The Balaban J connectivity index is 0.00000631. The molecular formula is C74H58N2O5Pt. The number of para-hydroxylation sites is 4. The zero-order valence-corrected chi connectivity index (χ0v) is 49.2. The van der Waals surface area contributed by atoms with Crippen molar-refractivity contribution in [1.82, 2.24) is 9.97 Å². The van der Waals surface area contributed by atoms with E-state index in [2.05, 4.69) is 189 Å². The summed E-state index contributed by atoms with van der Waals surface area (Å²) >= 11 is 0. The maximum Gasteiger partial charge on any atom is 2.00 e. The Morgan fingerprint density at radius 1 is 0.354 bits per heavy atom. The van der Waals surface area contributed by atoms with E-state index in [1.54, 1.807) is 0 Å². The van der Waals surface area contributed by atoms with Crippen molar-refractivity contribution < 1.29 is 43.5 Å². The van der Waals surface area contributed by atoms with E-state index in [4.69, 9.17) is 32.4 Å². The number of nitrogens with zero attached hydrogens (tertiary/aromatic N) is 2. The second-order valence-electron chi connectivity index (χ2n) is 22.6. The molecule has 0 amide bonds. The van der Waals surface area contributed by atoms with Crippen LogP contribution in [-0.4, -0.2) is 9.97 Å². The van der Waals surface area contributed by atoms with Crippen molar-refractivity contribution in [2.24, 2.45) is 0 Å². The topological polar surface area (TPSA) is 87.6 Å². The van der Waals surface area contributed by atoms with Gasteiger partial charge in [0.15, 0.2) is 0 Å². The molecule has 0 aliphatic rings. The monoisotopic (exact) mass is 1250 g/mol. The van der Waals surface area contributed by atoms with Crippen LogP contribution in [0.5, 0.6) is 11.5 Å². The van der Waals surface area contributed by atoms with Gasteiger partial charge in [-0.05, 0) is 115 Å². The molecule has 0 fully saturated rings. The van der Waals surface area contributed by atoms with Crippen molar-refractivity contribution >= 4 is 66.1 Å². The fourth-order valence-corrected chi connectivity index (χ4v) is 11.9. The summed E-state index contributed by atoms with van der Waals surface area (Å²) in [5.74, 6) is 2.48. The first kappa shape index (κ1) is 52.6. The minimum absolute atomic E-state index is 0. The van der Waals surface area contributed by atoms with Gasteiger partial charge in [0, 0.05) is 33.4 Å². The van der Waals surface area contributed by atoms with Gasteiger partial charge in [-0.3, -0.25) is 9.97 Å². The quantitative estimate of drug-likeness (QED) is 0.113. The zero-order valence-electron chi connectivity index (χ0n) is 46.9. The van der Waals surface area contributed by atoms with Gasteiger partial charge >= 0.3 is 21.1 Å². The SMILES string of the molecule is CC(C)c1cc(-c2ccccc2)cc(C(C)C)c1-c1cccc2nc(-c3[c-]c(Oc4[c-]c(-c5nc6cccc(-c7c(C(C)C)cc(-c8ccccc8)cc7C(C)C)c6o5)c5oc6ccccc6c5c4)cc4c3oc3ccccc34)oc12.[Pt+2]. The van der Waals surface area contributed by atoms with Crippen LogP contribution in [0.4, 0.5) is 0 Å². The number of ether oxygens (including phenoxy) is 1. The van der Waals surface area contributed by atoms with Gasteiger partial charge < -0.3 is 22.4 Å². The van der Waals surface area contributed by atoms with Gasteiger partial charge in [-0.25, -0.2) is 0 Å². The molecule has 4 aromatic heterocycles. The second-order valence-corrected chi connectivity index (χ2v) is 22.6. The minimum Gasteiger partial charge on any atom is -0.500 e. The van der Waals surface area contributed by atoms with Crippen molar-refractivity contribution in [1.29, 1.82) is 0 Å². The maximum absolute atomic E-state index is 7.04. The number of rotatable bonds is 12. The molecule has 0 saturated heterocycles. The van der Waals surface area contributed by atoms with Crippen LogP contribution in [0.25, 0.3) is 133 Å². The van der Waals surface area contributed by atoms with E-state index in [-0.39, 0.29) is 44.7 Å². The number of hydrogen-bond acceptors (Lipinski definition) is 7. The van der Waals surface area contributed by atoms with Crippen LogP contribution in [0.1, 0.15) is 101 Å². The van der Waals surface area contributed by atoms with Crippen LogP contribution in [0.3, 0.4) is 0 Å². The summed E-state index contributed by atoms with van der Waals surface area (Å²) < 4.78 is 34.5. The van der Waals surface area contributed by atoms with E-state index >= 15 is 0 Å². The van der Waals surface area contributed by atoms with Crippen LogP contribution in [0.2, 0.25) is 0 Å². The van der Waals surface area contributed by atoms with Crippen molar-refractivity contribution in [3.8, 4) is 78.9 Å². The molecule has 14 aromatic rings. The number of oxazole rings is 2. The van der Waals surface area contributed by atoms with Crippen LogP contribution in [0, 0.1) is 12.1 Å². The summed E-state index contributed by atoms with van der Waals surface area (Å²) in [5, 5.41) is 3.50. The number of fused-ring (bicyclic) bond motifs is 8. The molecule has 4 heterocycles. The third-order valence-electron chi connectivity index (χ3n) is 15.9. The standard InChI is InChI=1S/C74H58N2O5.Pt/c1-41(2)55-33-47(45-21-11-9-12-22-45)34-56(42(3)4)67(55)53-27-19-29-63-71(53)80-73(75-63)61-39-49(37-59-51-25-15-17-31-65(51)78-69(59)61)77-50-38-60-52-26-16-18-32-66(52)79-70(60)62(40-50)74-76-64-30-20-28-54(72(64)81-74)68-57(43(5)6)35-48(36-58(68)44(7)8)46-23-13-10-14-24-46;/h9-38,41-44H,1-8H3;/q-2;+2. The molecule has 10 aromatic carbocycles. The van der Waals surface area contributed by atoms with Crippen LogP contribution in [-0.2, 0) is 21.1 Å². The molecule has 0 aliphatic carbocycles. The van der Waals surface area contributed by atoms with Crippen molar-refractivity contribution in [2.75, 3.05) is 0 Å². The summed E-state index contributed by atoms with van der Waals surface area (Å²) in [7, 11) is 0. The minimum atomic E-state index is 0. The van der Waals surface area contributed by atoms with Crippen LogP contribution in [0.15, 0.2) is 200 Å². The smallest absolute Gasteiger partial charge is 0.500 e. The van der Waals surface area contributed by atoms with Crippen molar-refractivity contribution in [3.63, 3.8) is 0 Å². The number of aromatic nitrogens is 2. The second kappa shape index (κ2) is 21.0. The van der Waals surface area contributed by atoms with Gasteiger partial charge in [0.1, 0.15) is 34.1 Å². The third kappa shape index (κ3) is 9.03. The average Bonchev–Trinajstić information content (AvgIpc) is 4.41. The summed E-state index contributed by atoms with van der Waals surface area (Å²) in [6.07, 6.45) is 0. The van der Waals surface area contributed by atoms with Gasteiger partial charge in [0.25, 0.3) is 0 Å². The van der Waals surface area contributed by atoms with Gasteiger partial charge in [-0.1, -0.05) is 236 Å². The first-order chi connectivity index (χ1) is 39.4.